The maximum atomic E-state index is 12.9. The lowest BCUT2D eigenvalue weighted by atomic mass is 10.0. The number of aryl methyl sites for hydroxylation is 1. The van der Waals surface area contributed by atoms with Gasteiger partial charge in [-0.2, -0.15) is 0 Å². The van der Waals surface area contributed by atoms with Crippen molar-refractivity contribution < 1.29 is 4.79 Å². The van der Waals surface area contributed by atoms with E-state index < -0.39 is 0 Å². The summed E-state index contributed by atoms with van der Waals surface area (Å²) in [6, 6.07) is 16.3. The number of hydrogen-bond donors (Lipinski definition) is 0. The van der Waals surface area contributed by atoms with Gasteiger partial charge in [0.2, 0.25) is 5.91 Å². The molecule has 2 heterocycles. The van der Waals surface area contributed by atoms with Crippen molar-refractivity contribution in [2.75, 3.05) is 12.3 Å². The van der Waals surface area contributed by atoms with Crippen LogP contribution in [0.3, 0.4) is 0 Å². The fourth-order valence-electron chi connectivity index (χ4n) is 3.53. The van der Waals surface area contributed by atoms with Crippen molar-refractivity contribution in [3.8, 4) is 5.69 Å². The highest BCUT2D eigenvalue weighted by Gasteiger charge is 2.29. The van der Waals surface area contributed by atoms with Crippen molar-refractivity contribution >= 4 is 29.3 Å². The third-order valence-corrected chi connectivity index (χ3v) is 6.37. The summed E-state index contributed by atoms with van der Waals surface area (Å²) in [6.45, 7) is 2.77. The van der Waals surface area contributed by atoms with E-state index in [1.165, 1.54) is 17.3 Å². The van der Waals surface area contributed by atoms with Crippen molar-refractivity contribution in [2.24, 2.45) is 0 Å². The Balaban J connectivity index is 1.46. The van der Waals surface area contributed by atoms with E-state index in [0.717, 1.165) is 30.6 Å². The molecule has 0 spiro atoms. The average Bonchev–Trinajstić information content (AvgIpc) is 3.38. The highest BCUT2D eigenvalue weighted by Crippen LogP contribution is 2.33. The Morgan fingerprint density at radius 1 is 1.25 bits per heavy atom. The zero-order valence-electron chi connectivity index (χ0n) is 15.6. The molecule has 0 radical (unpaired) electrons. The van der Waals surface area contributed by atoms with Crippen LogP contribution in [0, 0.1) is 6.92 Å². The number of thioether (sulfide) groups is 1. The molecular formula is C21H21ClN4OS. The molecule has 5 nitrogen and oxygen atoms in total. The van der Waals surface area contributed by atoms with Crippen LogP contribution in [-0.4, -0.2) is 37.9 Å². The largest absolute Gasteiger partial charge is 0.335 e. The van der Waals surface area contributed by atoms with E-state index in [1.54, 1.807) is 6.33 Å². The Bertz CT molecular complexity index is 976. The van der Waals surface area contributed by atoms with Crippen LogP contribution in [0.25, 0.3) is 5.69 Å². The second-order valence-electron chi connectivity index (χ2n) is 6.86. The number of nitrogens with zero attached hydrogens (tertiary/aromatic N) is 4. The van der Waals surface area contributed by atoms with Gasteiger partial charge in [0.1, 0.15) is 6.33 Å². The van der Waals surface area contributed by atoms with Gasteiger partial charge >= 0.3 is 0 Å². The minimum atomic E-state index is 0.132. The number of halogens is 1. The van der Waals surface area contributed by atoms with Crippen molar-refractivity contribution in [3.05, 3.63) is 71.0 Å². The molecular weight excluding hydrogens is 392 g/mol. The van der Waals surface area contributed by atoms with Gasteiger partial charge in [0.05, 0.1) is 17.5 Å². The average molecular weight is 413 g/mol. The van der Waals surface area contributed by atoms with Crippen molar-refractivity contribution in [1.82, 2.24) is 19.7 Å². The van der Waals surface area contributed by atoms with E-state index in [9.17, 15) is 4.79 Å². The first kappa shape index (κ1) is 19.0. The summed E-state index contributed by atoms with van der Waals surface area (Å²) >= 11 is 7.66. The van der Waals surface area contributed by atoms with Crippen LogP contribution in [0.4, 0.5) is 0 Å². The summed E-state index contributed by atoms with van der Waals surface area (Å²) in [4.78, 5) is 14.9. The molecule has 0 aliphatic carbocycles. The molecule has 28 heavy (non-hydrogen) atoms. The molecule has 0 unspecified atom stereocenters. The fourth-order valence-corrected chi connectivity index (χ4v) is 4.52. The van der Waals surface area contributed by atoms with E-state index >= 15 is 0 Å². The monoisotopic (exact) mass is 412 g/mol. The van der Waals surface area contributed by atoms with Gasteiger partial charge < -0.3 is 4.90 Å². The number of rotatable bonds is 5. The second kappa shape index (κ2) is 8.37. The van der Waals surface area contributed by atoms with Crippen molar-refractivity contribution in [2.45, 2.75) is 31.0 Å². The summed E-state index contributed by atoms with van der Waals surface area (Å²) in [5.41, 5.74) is 3.11. The second-order valence-corrected chi connectivity index (χ2v) is 8.21. The fraction of sp³-hybridized carbons (Fsp3) is 0.286. The van der Waals surface area contributed by atoms with Crippen LogP contribution >= 0.6 is 23.4 Å². The maximum absolute atomic E-state index is 12.9. The molecule has 1 saturated heterocycles. The van der Waals surface area contributed by atoms with E-state index in [2.05, 4.69) is 22.3 Å². The normalized spacial score (nSPS) is 16.5. The van der Waals surface area contributed by atoms with E-state index in [1.807, 2.05) is 52.8 Å². The Hall–Kier alpha value is -2.31. The summed E-state index contributed by atoms with van der Waals surface area (Å²) in [5, 5.41) is 9.57. The van der Waals surface area contributed by atoms with Crippen LogP contribution in [0.1, 0.15) is 30.0 Å². The Kier molecular flexibility index (Phi) is 5.69. The molecule has 7 heteroatoms. The van der Waals surface area contributed by atoms with Crippen LogP contribution in [0.5, 0.6) is 0 Å². The quantitative estimate of drug-likeness (QED) is 0.570. The lowest BCUT2D eigenvalue weighted by Crippen LogP contribution is -2.32. The van der Waals surface area contributed by atoms with Gasteiger partial charge in [-0.25, -0.2) is 0 Å². The summed E-state index contributed by atoms with van der Waals surface area (Å²) in [7, 11) is 0. The minimum Gasteiger partial charge on any atom is -0.335 e. The summed E-state index contributed by atoms with van der Waals surface area (Å²) in [6.07, 6.45) is 3.70. The van der Waals surface area contributed by atoms with Gasteiger partial charge in [0.25, 0.3) is 0 Å². The highest BCUT2D eigenvalue weighted by molar-refractivity contribution is 7.99. The van der Waals surface area contributed by atoms with Crippen LogP contribution in [0.2, 0.25) is 5.02 Å². The van der Waals surface area contributed by atoms with E-state index in [4.69, 9.17) is 11.6 Å². The maximum Gasteiger partial charge on any atom is 0.233 e. The molecule has 1 aromatic heterocycles. The standard InChI is InChI=1S/C21H21ClN4OS/c1-15-9-10-17(12-18(15)22)26-14-23-24-21(26)28-13-20(27)25-11-5-8-19(25)16-6-3-2-4-7-16/h2-4,6-7,9-10,12,14,19H,5,8,11,13H2,1H3/t19-/m0/s1. The third-order valence-electron chi connectivity index (χ3n) is 5.03. The number of carbonyl (C=O) groups excluding carboxylic acids is 1. The van der Waals surface area contributed by atoms with Crippen LogP contribution in [0.15, 0.2) is 60.0 Å². The van der Waals surface area contributed by atoms with Crippen molar-refractivity contribution in [1.29, 1.82) is 0 Å². The molecule has 1 amide bonds. The van der Waals surface area contributed by atoms with Crippen LogP contribution in [-0.2, 0) is 4.79 Å². The number of amides is 1. The molecule has 1 aliphatic rings. The molecule has 4 rings (SSSR count). The smallest absolute Gasteiger partial charge is 0.233 e. The Labute approximate surface area is 173 Å². The highest BCUT2D eigenvalue weighted by atomic mass is 35.5. The lowest BCUT2D eigenvalue weighted by molar-refractivity contribution is -0.129. The molecule has 1 fully saturated rings. The van der Waals surface area contributed by atoms with Gasteiger partial charge in [0, 0.05) is 11.6 Å². The van der Waals surface area contributed by atoms with E-state index in [-0.39, 0.29) is 11.9 Å². The van der Waals surface area contributed by atoms with Gasteiger partial charge in [-0.15, -0.1) is 10.2 Å². The Morgan fingerprint density at radius 2 is 2.07 bits per heavy atom. The topological polar surface area (TPSA) is 51.0 Å². The zero-order valence-corrected chi connectivity index (χ0v) is 17.2. The zero-order chi connectivity index (χ0) is 19.5. The molecule has 0 saturated carbocycles. The lowest BCUT2D eigenvalue weighted by Gasteiger charge is -2.25. The number of benzene rings is 2. The Morgan fingerprint density at radius 3 is 2.86 bits per heavy atom. The molecule has 144 valence electrons. The molecule has 3 aromatic rings. The molecule has 0 N–H and O–H groups in total. The van der Waals surface area contributed by atoms with E-state index in [0.29, 0.717) is 15.9 Å². The van der Waals surface area contributed by atoms with Crippen molar-refractivity contribution in [3.63, 3.8) is 0 Å². The third kappa shape index (κ3) is 3.93. The first-order chi connectivity index (χ1) is 13.6. The number of likely N-dealkylation sites (tertiary alicyclic amines) is 1. The van der Waals surface area contributed by atoms with Crippen LogP contribution < -0.4 is 0 Å². The number of aromatic nitrogens is 3. The summed E-state index contributed by atoms with van der Waals surface area (Å²) in [5.74, 6) is 0.467. The molecule has 0 bridgehead atoms. The summed E-state index contributed by atoms with van der Waals surface area (Å²) < 4.78 is 1.86. The molecule has 2 aromatic carbocycles. The number of carbonyl (C=O) groups is 1. The van der Waals surface area contributed by atoms with Gasteiger partial charge in [0.15, 0.2) is 5.16 Å². The minimum absolute atomic E-state index is 0.132. The molecule has 1 aliphatic heterocycles. The van der Waals surface area contributed by atoms with Gasteiger partial charge in [-0.05, 0) is 43.0 Å². The van der Waals surface area contributed by atoms with Gasteiger partial charge in [-0.1, -0.05) is 59.8 Å². The number of hydrogen-bond acceptors (Lipinski definition) is 4. The molecule has 1 atom stereocenters. The predicted molar refractivity (Wildman–Crippen MR) is 112 cm³/mol. The first-order valence-corrected chi connectivity index (χ1v) is 10.6. The predicted octanol–water partition coefficient (Wildman–Crippen LogP) is 4.68. The van der Waals surface area contributed by atoms with Gasteiger partial charge in [-0.3, -0.25) is 9.36 Å². The SMILES string of the molecule is Cc1ccc(-n2cnnc2SCC(=O)N2CCC[C@H]2c2ccccc2)cc1Cl. The first-order valence-electron chi connectivity index (χ1n) is 9.27.